The molecule has 0 aliphatic carbocycles. The topological polar surface area (TPSA) is 115 Å². The van der Waals surface area contributed by atoms with E-state index in [2.05, 4.69) is 5.32 Å². The summed E-state index contributed by atoms with van der Waals surface area (Å²) >= 11 is 3.00. The molecule has 3 heterocycles. The summed E-state index contributed by atoms with van der Waals surface area (Å²) in [5.41, 5.74) is 3.52. The van der Waals surface area contributed by atoms with E-state index in [1.807, 2.05) is 24.3 Å². The van der Waals surface area contributed by atoms with Crippen molar-refractivity contribution in [2.24, 2.45) is 0 Å². The number of thiophene rings is 1. The third-order valence-electron chi connectivity index (χ3n) is 5.86. The number of anilines is 1. The zero-order chi connectivity index (χ0) is 25.9. The lowest BCUT2D eigenvalue weighted by Crippen LogP contribution is -2.35. The van der Waals surface area contributed by atoms with Crippen LogP contribution in [0.3, 0.4) is 0 Å². The zero-order valence-electron chi connectivity index (χ0n) is 19.8. The summed E-state index contributed by atoms with van der Waals surface area (Å²) in [6, 6.07) is 13.8. The van der Waals surface area contributed by atoms with Crippen LogP contribution in [0, 0.1) is 10.1 Å². The summed E-state index contributed by atoms with van der Waals surface area (Å²) in [7, 11) is 0. The van der Waals surface area contributed by atoms with Crippen molar-refractivity contribution in [1.29, 1.82) is 0 Å². The van der Waals surface area contributed by atoms with E-state index in [-0.39, 0.29) is 17.7 Å². The van der Waals surface area contributed by atoms with Gasteiger partial charge in [0, 0.05) is 35.2 Å². The molecule has 0 fully saturated rings. The van der Waals surface area contributed by atoms with Gasteiger partial charge in [-0.25, -0.2) is 9.78 Å². The number of fused-ring (bicyclic) bond motifs is 2. The Hall–Kier alpha value is -4.09. The maximum Gasteiger partial charge on any atom is 0.410 e. The van der Waals surface area contributed by atoms with Gasteiger partial charge in [-0.05, 0) is 54.8 Å². The van der Waals surface area contributed by atoms with Crippen molar-refractivity contribution >= 4 is 61.7 Å². The van der Waals surface area contributed by atoms with E-state index >= 15 is 0 Å². The van der Waals surface area contributed by atoms with Crippen LogP contribution in [0.5, 0.6) is 0 Å². The van der Waals surface area contributed by atoms with Crippen LogP contribution in [-0.2, 0) is 22.5 Å². The summed E-state index contributed by atoms with van der Waals surface area (Å²) in [5.74, 6) is -0.332. The van der Waals surface area contributed by atoms with Crippen LogP contribution in [0.25, 0.3) is 26.9 Å². The first-order valence-electron chi connectivity index (χ1n) is 11.6. The number of aromatic nitrogens is 1. The Balaban J connectivity index is 1.45. The molecule has 2 aromatic heterocycles. The summed E-state index contributed by atoms with van der Waals surface area (Å²) in [6.45, 7) is 3.02. The molecule has 0 radical (unpaired) electrons. The lowest BCUT2D eigenvalue weighted by Gasteiger charge is -2.26. The molecule has 4 aromatic rings. The van der Waals surface area contributed by atoms with Crippen molar-refractivity contribution in [3.8, 4) is 10.6 Å². The van der Waals surface area contributed by atoms with E-state index in [0.29, 0.717) is 36.7 Å². The average Bonchev–Trinajstić information content (AvgIpc) is 3.47. The Bertz CT molecular complexity index is 1490. The number of rotatable bonds is 6. The molecule has 2 aromatic carbocycles. The molecule has 0 saturated carbocycles. The van der Waals surface area contributed by atoms with Gasteiger partial charge in [-0.2, -0.15) is 0 Å². The zero-order valence-corrected chi connectivity index (χ0v) is 21.4. The SMILES string of the molecule is CCOC(=O)N1CCc2c(sc(NC(=O)/C=C/c3ccc([N+](=O)[O-])cc3)c2-c2nc3ccccc3s2)C1. The van der Waals surface area contributed by atoms with E-state index < -0.39 is 4.92 Å². The van der Waals surface area contributed by atoms with Crippen molar-refractivity contribution in [3.05, 3.63) is 80.7 Å². The molecule has 2 amide bonds. The number of thiazole rings is 1. The third kappa shape index (κ3) is 5.23. The molecule has 0 bridgehead atoms. The van der Waals surface area contributed by atoms with Gasteiger partial charge in [0.25, 0.3) is 5.69 Å². The predicted octanol–water partition coefficient (Wildman–Crippen LogP) is 6.10. The Morgan fingerprint density at radius 1 is 1.19 bits per heavy atom. The quantitative estimate of drug-likeness (QED) is 0.182. The smallest absolute Gasteiger partial charge is 0.410 e. The molecule has 0 atom stereocenters. The second-order valence-electron chi connectivity index (χ2n) is 8.24. The molecule has 11 heteroatoms. The first kappa shape index (κ1) is 24.6. The van der Waals surface area contributed by atoms with Crippen LogP contribution >= 0.6 is 22.7 Å². The molecule has 9 nitrogen and oxygen atoms in total. The second kappa shape index (κ2) is 10.5. The number of carbonyl (C=O) groups excluding carboxylic acids is 2. The van der Waals surface area contributed by atoms with E-state index in [1.54, 1.807) is 41.4 Å². The number of nitro groups is 1. The van der Waals surface area contributed by atoms with Gasteiger partial charge in [0.1, 0.15) is 10.0 Å². The number of nitrogens with zero attached hydrogens (tertiary/aromatic N) is 3. The highest BCUT2D eigenvalue weighted by molar-refractivity contribution is 7.23. The number of nitro benzene ring substituents is 1. The summed E-state index contributed by atoms with van der Waals surface area (Å²) in [6.07, 6.45) is 3.28. The van der Waals surface area contributed by atoms with Gasteiger partial charge in [-0.15, -0.1) is 22.7 Å². The molecule has 1 aliphatic rings. The number of amides is 2. The van der Waals surface area contributed by atoms with Crippen LogP contribution in [-0.4, -0.2) is 40.0 Å². The van der Waals surface area contributed by atoms with Gasteiger partial charge in [0.15, 0.2) is 0 Å². The minimum Gasteiger partial charge on any atom is -0.450 e. The van der Waals surface area contributed by atoms with Gasteiger partial charge >= 0.3 is 6.09 Å². The summed E-state index contributed by atoms with van der Waals surface area (Å²) < 4.78 is 6.23. The molecule has 0 unspecified atom stereocenters. The van der Waals surface area contributed by atoms with Gasteiger partial charge in [0.2, 0.25) is 5.91 Å². The maximum absolute atomic E-state index is 12.9. The van der Waals surface area contributed by atoms with E-state index in [0.717, 1.165) is 31.2 Å². The van der Waals surface area contributed by atoms with E-state index in [9.17, 15) is 19.7 Å². The summed E-state index contributed by atoms with van der Waals surface area (Å²) in [5, 5.41) is 15.3. The lowest BCUT2D eigenvalue weighted by atomic mass is 10.0. The number of ether oxygens (including phenoxy) is 1. The van der Waals surface area contributed by atoms with Crippen molar-refractivity contribution in [3.63, 3.8) is 0 Å². The molecule has 0 saturated heterocycles. The normalized spacial score (nSPS) is 13.1. The van der Waals surface area contributed by atoms with Crippen LogP contribution in [0.15, 0.2) is 54.6 Å². The van der Waals surface area contributed by atoms with Gasteiger partial charge < -0.3 is 15.0 Å². The van der Waals surface area contributed by atoms with Gasteiger partial charge in [-0.3, -0.25) is 14.9 Å². The third-order valence-corrected chi connectivity index (χ3v) is 8.04. The molecule has 5 rings (SSSR count). The van der Waals surface area contributed by atoms with Crippen LogP contribution in [0.4, 0.5) is 15.5 Å². The number of benzene rings is 2. The minimum absolute atomic E-state index is 0.0110. The standard InChI is InChI=1S/C26H22N4O5S2/c1-2-35-26(32)29-14-13-18-21(15-29)37-25(23(18)24-27-19-5-3-4-6-20(19)36-24)28-22(31)12-9-16-7-10-17(11-8-16)30(33)34/h3-12H,2,13-15H2,1H3,(H,28,31)/b12-9+. The molecule has 0 spiro atoms. The number of carbonyl (C=O) groups is 2. The number of hydrogen-bond donors (Lipinski definition) is 1. The highest BCUT2D eigenvalue weighted by atomic mass is 32.1. The summed E-state index contributed by atoms with van der Waals surface area (Å²) in [4.78, 5) is 43.1. The molecule has 37 heavy (non-hydrogen) atoms. The lowest BCUT2D eigenvalue weighted by molar-refractivity contribution is -0.384. The molecule has 1 N–H and O–H groups in total. The van der Waals surface area contributed by atoms with Gasteiger partial charge in [-0.1, -0.05) is 12.1 Å². The Kier molecular flexibility index (Phi) is 6.97. The van der Waals surface area contributed by atoms with Crippen molar-refractivity contribution < 1.29 is 19.2 Å². The molecular weight excluding hydrogens is 512 g/mol. The van der Waals surface area contributed by atoms with Crippen molar-refractivity contribution in [2.75, 3.05) is 18.5 Å². The van der Waals surface area contributed by atoms with E-state index in [4.69, 9.17) is 9.72 Å². The average molecular weight is 535 g/mol. The Morgan fingerprint density at radius 3 is 2.70 bits per heavy atom. The van der Waals surface area contributed by atoms with Crippen molar-refractivity contribution in [2.45, 2.75) is 19.9 Å². The van der Waals surface area contributed by atoms with Gasteiger partial charge in [0.05, 0.1) is 28.3 Å². The Morgan fingerprint density at radius 2 is 1.97 bits per heavy atom. The second-order valence-corrected chi connectivity index (χ2v) is 10.4. The molecule has 1 aliphatic heterocycles. The monoisotopic (exact) mass is 534 g/mol. The fourth-order valence-corrected chi connectivity index (χ4v) is 6.48. The largest absolute Gasteiger partial charge is 0.450 e. The molecule has 188 valence electrons. The fourth-order valence-electron chi connectivity index (χ4n) is 4.10. The van der Waals surface area contributed by atoms with Crippen LogP contribution < -0.4 is 5.32 Å². The van der Waals surface area contributed by atoms with Crippen molar-refractivity contribution in [1.82, 2.24) is 9.88 Å². The van der Waals surface area contributed by atoms with Crippen LogP contribution in [0.2, 0.25) is 0 Å². The number of non-ortho nitro benzene ring substituents is 1. The minimum atomic E-state index is -0.467. The van der Waals surface area contributed by atoms with E-state index in [1.165, 1.54) is 29.5 Å². The number of nitrogens with one attached hydrogen (secondary N) is 1. The first-order valence-corrected chi connectivity index (χ1v) is 13.2. The highest BCUT2D eigenvalue weighted by Crippen LogP contribution is 2.45. The van der Waals surface area contributed by atoms with Crippen LogP contribution in [0.1, 0.15) is 22.9 Å². The number of para-hydroxylation sites is 1. The maximum atomic E-state index is 12.9. The fraction of sp³-hybridized carbons (Fsp3) is 0.192. The molecular formula is C26H22N4O5S2. The predicted molar refractivity (Wildman–Crippen MR) is 145 cm³/mol. The number of hydrogen-bond acceptors (Lipinski definition) is 8. The highest BCUT2D eigenvalue weighted by Gasteiger charge is 2.29. The Labute approximate surface area is 220 Å². The first-order chi connectivity index (χ1) is 17.9.